The lowest BCUT2D eigenvalue weighted by Gasteiger charge is -2.14. The molecule has 1 heterocycles. The molecule has 2 N–H and O–H groups in total. The van der Waals surface area contributed by atoms with Crippen LogP contribution in [0.25, 0.3) is 11.0 Å². The minimum atomic E-state index is -0.271. The molecule has 2 aromatic rings. The molecule has 1 amide bonds. The fourth-order valence-corrected chi connectivity index (χ4v) is 2.42. The van der Waals surface area contributed by atoms with Crippen LogP contribution >= 0.6 is 0 Å². The number of nitrogens with zero attached hydrogens (tertiary/aromatic N) is 2. The Hall–Kier alpha value is -2.08. The third kappa shape index (κ3) is 3.00. The van der Waals surface area contributed by atoms with E-state index in [2.05, 4.69) is 5.32 Å². The van der Waals surface area contributed by atoms with Crippen molar-refractivity contribution >= 4 is 16.9 Å². The third-order valence-corrected chi connectivity index (χ3v) is 3.62. The van der Waals surface area contributed by atoms with Crippen LogP contribution in [0.5, 0.6) is 0 Å². The van der Waals surface area contributed by atoms with Gasteiger partial charge in [0.2, 0.25) is 5.91 Å². The lowest BCUT2D eigenvalue weighted by Crippen LogP contribution is -2.40. The molecule has 0 saturated heterocycles. The molecule has 1 aromatic carbocycles. The van der Waals surface area contributed by atoms with Gasteiger partial charge in [-0.1, -0.05) is 19.1 Å². The van der Waals surface area contributed by atoms with Crippen molar-refractivity contribution in [3.8, 4) is 0 Å². The fourth-order valence-electron chi connectivity index (χ4n) is 2.42. The maximum Gasteiger partial charge on any atom is 0.329 e. The van der Waals surface area contributed by atoms with Crippen molar-refractivity contribution < 1.29 is 9.90 Å². The van der Waals surface area contributed by atoms with E-state index in [9.17, 15) is 9.59 Å². The highest BCUT2D eigenvalue weighted by Gasteiger charge is 2.15. The van der Waals surface area contributed by atoms with Crippen LogP contribution in [0.3, 0.4) is 0 Å². The molecule has 6 heteroatoms. The number of para-hydroxylation sites is 2. The van der Waals surface area contributed by atoms with Crippen molar-refractivity contribution in [3.63, 3.8) is 0 Å². The van der Waals surface area contributed by atoms with Gasteiger partial charge in [-0.2, -0.15) is 0 Å². The predicted molar refractivity (Wildman–Crippen MR) is 81.2 cm³/mol. The van der Waals surface area contributed by atoms with Crippen LogP contribution in [0.15, 0.2) is 29.1 Å². The van der Waals surface area contributed by atoms with Gasteiger partial charge in [-0.3, -0.25) is 13.9 Å². The van der Waals surface area contributed by atoms with E-state index in [0.29, 0.717) is 13.0 Å². The van der Waals surface area contributed by atoms with Gasteiger partial charge in [0.15, 0.2) is 0 Å². The lowest BCUT2D eigenvalue weighted by molar-refractivity contribution is -0.122. The fraction of sp³-hybridized carbons (Fsp3) is 0.467. The molecule has 6 nitrogen and oxygen atoms in total. The van der Waals surface area contributed by atoms with Gasteiger partial charge in [0.05, 0.1) is 23.7 Å². The Balaban J connectivity index is 2.32. The van der Waals surface area contributed by atoms with Gasteiger partial charge >= 0.3 is 5.69 Å². The summed E-state index contributed by atoms with van der Waals surface area (Å²) in [7, 11) is 0. The number of hydrogen-bond acceptors (Lipinski definition) is 3. The monoisotopic (exact) mass is 291 g/mol. The number of imidazole rings is 1. The largest absolute Gasteiger partial charge is 0.394 e. The molecule has 0 radical (unpaired) electrons. The number of aliphatic hydroxyl groups excluding tert-OH is 1. The highest BCUT2D eigenvalue weighted by molar-refractivity contribution is 5.81. The van der Waals surface area contributed by atoms with Gasteiger partial charge in [0.25, 0.3) is 0 Å². The summed E-state index contributed by atoms with van der Waals surface area (Å²) < 4.78 is 3.12. The molecule has 0 aliphatic rings. The second-order valence-corrected chi connectivity index (χ2v) is 4.96. The van der Waals surface area contributed by atoms with Crippen LogP contribution in [0.4, 0.5) is 0 Å². The molecular formula is C15H21N3O3. The first-order chi connectivity index (χ1) is 10.1. The van der Waals surface area contributed by atoms with Crippen molar-refractivity contribution in [2.75, 3.05) is 6.61 Å². The molecule has 0 fully saturated rings. The minimum absolute atomic E-state index is 0.0388. The van der Waals surface area contributed by atoms with Crippen LogP contribution in [-0.4, -0.2) is 32.8 Å². The highest BCUT2D eigenvalue weighted by Crippen LogP contribution is 2.12. The smallest absolute Gasteiger partial charge is 0.329 e. The second-order valence-electron chi connectivity index (χ2n) is 4.96. The summed E-state index contributed by atoms with van der Waals surface area (Å²) in [5, 5.41) is 11.8. The quantitative estimate of drug-likeness (QED) is 0.823. The van der Waals surface area contributed by atoms with Crippen molar-refractivity contribution in [3.05, 3.63) is 34.7 Å². The van der Waals surface area contributed by atoms with Gasteiger partial charge in [0.1, 0.15) is 6.54 Å². The Morgan fingerprint density at radius 2 is 1.86 bits per heavy atom. The van der Waals surface area contributed by atoms with E-state index in [1.54, 1.807) is 4.57 Å². The number of carbonyl (C=O) groups excluding carboxylic acids is 1. The molecule has 21 heavy (non-hydrogen) atoms. The molecule has 1 aromatic heterocycles. The van der Waals surface area contributed by atoms with Crippen molar-refractivity contribution in [1.82, 2.24) is 14.5 Å². The second kappa shape index (κ2) is 6.58. The minimum Gasteiger partial charge on any atom is -0.394 e. The summed E-state index contributed by atoms with van der Waals surface area (Å²) in [6, 6.07) is 7.15. The van der Waals surface area contributed by atoms with Crippen LogP contribution in [-0.2, 0) is 17.9 Å². The van der Waals surface area contributed by atoms with Gasteiger partial charge in [0, 0.05) is 6.54 Å². The molecule has 0 bridgehead atoms. The van der Waals surface area contributed by atoms with Crippen molar-refractivity contribution in [2.24, 2.45) is 0 Å². The van der Waals surface area contributed by atoms with E-state index >= 15 is 0 Å². The number of benzene rings is 1. The molecule has 114 valence electrons. The number of aliphatic hydroxyl groups is 1. The zero-order valence-electron chi connectivity index (χ0n) is 12.4. The number of fused-ring (bicyclic) bond motifs is 1. The van der Waals surface area contributed by atoms with Crippen LogP contribution < -0.4 is 11.0 Å². The molecule has 1 atom stereocenters. The summed E-state index contributed by atoms with van der Waals surface area (Å²) in [4.78, 5) is 24.4. The topological polar surface area (TPSA) is 76.3 Å². The summed E-state index contributed by atoms with van der Waals surface area (Å²) >= 11 is 0. The zero-order valence-corrected chi connectivity index (χ0v) is 12.4. The zero-order chi connectivity index (χ0) is 15.4. The molecule has 2 rings (SSSR count). The van der Waals surface area contributed by atoms with E-state index in [1.807, 2.05) is 38.1 Å². The van der Waals surface area contributed by atoms with Gasteiger partial charge in [-0.25, -0.2) is 4.79 Å². The summed E-state index contributed by atoms with van der Waals surface area (Å²) in [6.07, 6.45) is 0.647. The van der Waals surface area contributed by atoms with Gasteiger partial charge in [-0.05, 0) is 25.5 Å². The number of carbonyl (C=O) groups is 1. The van der Waals surface area contributed by atoms with Crippen LogP contribution in [0.2, 0.25) is 0 Å². The molecule has 1 unspecified atom stereocenters. The Kier molecular flexibility index (Phi) is 4.80. The third-order valence-electron chi connectivity index (χ3n) is 3.62. The Morgan fingerprint density at radius 3 is 2.38 bits per heavy atom. The predicted octanol–water partition coefficient (Wildman–Crippen LogP) is 0.710. The van der Waals surface area contributed by atoms with E-state index in [-0.39, 0.29) is 30.8 Å². The SMILES string of the molecule is CCC(CO)NC(=O)Cn1c(=O)n(CC)c2ccccc21. The Morgan fingerprint density at radius 1 is 1.24 bits per heavy atom. The van der Waals surface area contributed by atoms with Crippen LogP contribution in [0, 0.1) is 0 Å². The number of rotatable bonds is 6. The van der Waals surface area contributed by atoms with E-state index in [0.717, 1.165) is 11.0 Å². The molecule has 0 aliphatic heterocycles. The Bertz CT molecular complexity index is 683. The summed E-state index contributed by atoms with van der Waals surface area (Å²) in [5.74, 6) is -0.267. The molecule has 0 saturated carbocycles. The highest BCUT2D eigenvalue weighted by atomic mass is 16.3. The van der Waals surface area contributed by atoms with Crippen LogP contribution in [0.1, 0.15) is 20.3 Å². The molecular weight excluding hydrogens is 270 g/mol. The van der Waals surface area contributed by atoms with E-state index < -0.39 is 0 Å². The normalized spacial score (nSPS) is 12.5. The summed E-state index contributed by atoms with van der Waals surface area (Å²) in [6.45, 7) is 4.20. The van der Waals surface area contributed by atoms with Crippen molar-refractivity contribution in [2.45, 2.75) is 39.4 Å². The maximum atomic E-state index is 12.4. The van der Waals surface area contributed by atoms with Gasteiger partial charge < -0.3 is 10.4 Å². The average Bonchev–Trinajstić information content (AvgIpc) is 2.77. The first-order valence-electron chi connectivity index (χ1n) is 7.20. The maximum absolute atomic E-state index is 12.4. The number of amides is 1. The summed E-state index contributed by atoms with van der Waals surface area (Å²) in [5.41, 5.74) is 1.38. The lowest BCUT2D eigenvalue weighted by atomic mass is 10.2. The number of aromatic nitrogens is 2. The molecule has 0 spiro atoms. The Labute approximate surface area is 123 Å². The number of aryl methyl sites for hydroxylation is 1. The van der Waals surface area contributed by atoms with Crippen molar-refractivity contribution in [1.29, 1.82) is 0 Å². The number of hydrogen-bond donors (Lipinski definition) is 2. The molecule has 0 aliphatic carbocycles. The number of nitrogens with one attached hydrogen (secondary N) is 1. The van der Waals surface area contributed by atoms with E-state index in [4.69, 9.17) is 5.11 Å². The van der Waals surface area contributed by atoms with E-state index in [1.165, 1.54) is 4.57 Å². The first-order valence-corrected chi connectivity index (χ1v) is 7.20. The van der Waals surface area contributed by atoms with Gasteiger partial charge in [-0.15, -0.1) is 0 Å². The standard InChI is InChI=1S/C15H21N3O3/c1-3-11(10-19)16-14(20)9-18-13-8-6-5-7-12(13)17(4-2)15(18)21/h5-8,11,19H,3-4,9-10H2,1-2H3,(H,16,20). The first kappa shape index (κ1) is 15.3. The average molecular weight is 291 g/mol.